The fourth-order valence-corrected chi connectivity index (χ4v) is 1.65. The Hall–Kier alpha value is -2.54. The van der Waals surface area contributed by atoms with Crippen molar-refractivity contribution >= 4 is 34.6 Å². The van der Waals surface area contributed by atoms with Gasteiger partial charge < -0.3 is 16.8 Å². The van der Waals surface area contributed by atoms with Crippen molar-refractivity contribution in [3.05, 3.63) is 47.9 Å². The fourth-order valence-electron chi connectivity index (χ4n) is 1.50. The van der Waals surface area contributed by atoms with Crippen LogP contribution >= 0.6 is 12.2 Å². The molecule has 96 valence electrons. The first-order valence-electron chi connectivity index (χ1n) is 5.35. The molecule has 0 bridgehead atoms. The Morgan fingerprint density at radius 3 is 2.63 bits per heavy atom. The van der Waals surface area contributed by atoms with Crippen molar-refractivity contribution in [2.45, 2.75) is 0 Å². The number of hydrogen-bond acceptors (Lipinski definition) is 5. The molecule has 7 heteroatoms. The summed E-state index contributed by atoms with van der Waals surface area (Å²) >= 11 is 4.89. The molecule has 19 heavy (non-hydrogen) atoms. The van der Waals surface area contributed by atoms with Crippen LogP contribution in [0, 0.1) is 0 Å². The van der Waals surface area contributed by atoms with E-state index >= 15 is 0 Å². The van der Waals surface area contributed by atoms with Crippen molar-refractivity contribution in [3.63, 3.8) is 0 Å². The summed E-state index contributed by atoms with van der Waals surface area (Å²) in [5.41, 5.74) is 12.2. The Morgan fingerprint density at radius 1 is 1.21 bits per heavy atom. The molecule has 1 aromatic heterocycles. The van der Waals surface area contributed by atoms with Gasteiger partial charge in [0.25, 0.3) is 0 Å². The maximum Gasteiger partial charge on any atom is 0.248 e. The first-order chi connectivity index (χ1) is 9.08. The molecule has 0 saturated carbocycles. The number of amides is 1. The van der Waals surface area contributed by atoms with Gasteiger partial charge in [0.15, 0.2) is 5.82 Å². The molecule has 5 N–H and O–H groups in total. The molecule has 2 rings (SSSR count). The van der Waals surface area contributed by atoms with E-state index < -0.39 is 5.91 Å². The zero-order valence-corrected chi connectivity index (χ0v) is 10.6. The van der Waals surface area contributed by atoms with E-state index in [9.17, 15) is 4.79 Å². The van der Waals surface area contributed by atoms with Gasteiger partial charge in [0, 0.05) is 23.6 Å². The first kappa shape index (κ1) is 12.9. The second kappa shape index (κ2) is 5.40. The lowest BCUT2D eigenvalue weighted by Crippen LogP contribution is -2.15. The molecule has 0 spiro atoms. The summed E-state index contributed by atoms with van der Waals surface area (Å²) in [4.78, 5) is 19.4. The highest BCUT2D eigenvalue weighted by molar-refractivity contribution is 7.80. The van der Waals surface area contributed by atoms with Crippen LogP contribution in [0.1, 0.15) is 16.1 Å². The van der Waals surface area contributed by atoms with Crippen LogP contribution in [0.4, 0.5) is 11.5 Å². The monoisotopic (exact) mass is 273 g/mol. The molecule has 0 radical (unpaired) electrons. The third kappa shape index (κ3) is 3.02. The molecular formula is C12H11N5OS. The number of primary amides is 1. The standard InChI is InChI=1S/C12H11N5OS/c13-10(18)7-2-1-3-8(6-7)17-12-9(11(14)19)15-4-5-16-12/h1-6H,(H2,13,18)(H2,14,19)(H,16,17). The van der Waals surface area contributed by atoms with Crippen LogP contribution in [0.15, 0.2) is 36.7 Å². The number of benzene rings is 1. The highest BCUT2D eigenvalue weighted by Gasteiger charge is 2.08. The predicted molar refractivity (Wildman–Crippen MR) is 76.2 cm³/mol. The molecule has 0 aliphatic rings. The maximum atomic E-state index is 11.1. The van der Waals surface area contributed by atoms with Crippen molar-refractivity contribution in [1.29, 1.82) is 0 Å². The van der Waals surface area contributed by atoms with E-state index in [1.54, 1.807) is 24.3 Å². The fraction of sp³-hybridized carbons (Fsp3) is 0. The van der Waals surface area contributed by atoms with E-state index in [-0.39, 0.29) is 4.99 Å². The van der Waals surface area contributed by atoms with Crippen molar-refractivity contribution < 1.29 is 4.79 Å². The van der Waals surface area contributed by atoms with E-state index in [0.717, 1.165) is 0 Å². The molecule has 2 aromatic rings. The number of anilines is 2. The topological polar surface area (TPSA) is 107 Å². The van der Waals surface area contributed by atoms with Gasteiger partial charge in [0.05, 0.1) is 0 Å². The quantitative estimate of drug-likeness (QED) is 0.716. The van der Waals surface area contributed by atoms with Gasteiger partial charge >= 0.3 is 0 Å². The summed E-state index contributed by atoms with van der Waals surface area (Å²) in [5.74, 6) is -0.0750. The number of carbonyl (C=O) groups is 1. The number of rotatable bonds is 4. The zero-order valence-electron chi connectivity index (χ0n) is 9.83. The first-order valence-corrected chi connectivity index (χ1v) is 5.76. The van der Waals surface area contributed by atoms with Gasteiger partial charge in [-0.05, 0) is 18.2 Å². The number of nitrogens with zero attached hydrogens (tertiary/aromatic N) is 2. The predicted octanol–water partition coefficient (Wildman–Crippen LogP) is 0.953. The number of aromatic nitrogens is 2. The second-order valence-corrected chi connectivity index (χ2v) is 4.13. The van der Waals surface area contributed by atoms with Gasteiger partial charge in [-0.3, -0.25) is 4.79 Å². The van der Waals surface area contributed by atoms with Gasteiger partial charge in [-0.2, -0.15) is 0 Å². The molecule has 0 aliphatic heterocycles. The molecule has 0 unspecified atom stereocenters. The third-order valence-electron chi connectivity index (χ3n) is 2.34. The smallest absolute Gasteiger partial charge is 0.248 e. The summed E-state index contributed by atoms with van der Waals surface area (Å²) < 4.78 is 0. The van der Waals surface area contributed by atoms with Crippen molar-refractivity contribution in [2.75, 3.05) is 5.32 Å². The average Bonchev–Trinajstić information content (AvgIpc) is 2.39. The molecule has 0 atom stereocenters. The summed E-state index contributed by atoms with van der Waals surface area (Å²) in [6.07, 6.45) is 3.02. The van der Waals surface area contributed by atoms with Gasteiger partial charge in [0.1, 0.15) is 10.7 Å². The van der Waals surface area contributed by atoms with E-state index in [1.165, 1.54) is 12.4 Å². The molecule has 0 aliphatic carbocycles. The van der Waals surface area contributed by atoms with Crippen LogP contribution < -0.4 is 16.8 Å². The van der Waals surface area contributed by atoms with E-state index in [4.69, 9.17) is 23.7 Å². The van der Waals surface area contributed by atoms with Gasteiger partial charge in [-0.25, -0.2) is 9.97 Å². The summed E-state index contributed by atoms with van der Waals surface area (Å²) in [6.45, 7) is 0. The summed E-state index contributed by atoms with van der Waals surface area (Å²) in [6, 6.07) is 6.71. The average molecular weight is 273 g/mol. The van der Waals surface area contributed by atoms with Gasteiger partial charge in [-0.15, -0.1) is 0 Å². The van der Waals surface area contributed by atoms with E-state index in [1.807, 2.05) is 0 Å². The van der Waals surface area contributed by atoms with Gasteiger partial charge in [0.2, 0.25) is 5.91 Å². The molecule has 0 fully saturated rings. The normalized spacial score (nSPS) is 9.89. The highest BCUT2D eigenvalue weighted by Crippen LogP contribution is 2.17. The minimum Gasteiger partial charge on any atom is -0.388 e. The molecule has 6 nitrogen and oxygen atoms in total. The summed E-state index contributed by atoms with van der Waals surface area (Å²) in [7, 11) is 0. The number of nitrogens with two attached hydrogens (primary N) is 2. The molecule has 0 saturated heterocycles. The zero-order chi connectivity index (χ0) is 13.8. The van der Waals surface area contributed by atoms with E-state index in [2.05, 4.69) is 15.3 Å². The van der Waals surface area contributed by atoms with Crippen LogP contribution in [-0.2, 0) is 0 Å². The summed E-state index contributed by atoms with van der Waals surface area (Å²) in [5, 5.41) is 3.00. The van der Waals surface area contributed by atoms with Crippen LogP contribution in [-0.4, -0.2) is 20.9 Å². The largest absolute Gasteiger partial charge is 0.388 e. The highest BCUT2D eigenvalue weighted by atomic mass is 32.1. The molecule has 1 amide bonds. The number of thiocarbonyl (C=S) groups is 1. The lowest BCUT2D eigenvalue weighted by molar-refractivity contribution is 0.100. The minimum absolute atomic E-state index is 0.140. The van der Waals surface area contributed by atoms with Crippen LogP contribution in [0.5, 0.6) is 0 Å². The van der Waals surface area contributed by atoms with Crippen molar-refractivity contribution in [3.8, 4) is 0 Å². The third-order valence-corrected chi connectivity index (χ3v) is 2.53. The Balaban J connectivity index is 2.34. The van der Waals surface area contributed by atoms with Gasteiger partial charge in [-0.1, -0.05) is 18.3 Å². The lowest BCUT2D eigenvalue weighted by atomic mass is 10.2. The molecule has 1 aromatic carbocycles. The Labute approximate surface area is 114 Å². The SMILES string of the molecule is NC(=O)c1cccc(Nc2nccnc2C(N)=S)c1. The Kier molecular flexibility index (Phi) is 3.67. The van der Waals surface area contributed by atoms with Crippen molar-refractivity contribution in [1.82, 2.24) is 9.97 Å². The van der Waals surface area contributed by atoms with E-state index in [0.29, 0.717) is 22.8 Å². The lowest BCUT2D eigenvalue weighted by Gasteiger charge is -2.09. The minimum atomic E-state index is -0.502. The Bertz CT molecular complexity index is 644. The van der Waals surface area contributed by atoms with Crippen LogP contribution in [0.2, 0.25) is 0 Å². The maximum absolute atomic E-state index is 11.1. The van der Waals surface area contributed by atoms with Crippen molar-refractivity contribution in [2.24, 2.45) is 11.5 Å². The number of hydrogen-bond donors (Lipinski definition) is 3. The molecular weight excluding hydrogens is 262 g/mol. The second-order valence-electron chi connectivity index (χ2n) is 3.69. The molecule has 1 heterocycles. The number of carbonyl (C=O) groups excluding carboxylic acids is 1. The van der Waals surface area contributed by atoms with Crippen LogP contribution in [0.25, 0.3) is 0 Å². The van der Waals surface area contributed by atoms with Crippen LogP contribution in [0.3, 0.4) is 0 Å². The number of nitrogens with one attached hydrogen (secondary N) is 1. The Morgan fingerprint density at radius 2 is 1.95 bits per heavy atom.